The van der Waals surface area contributed by atoms with E-state index in [4.69, 9.17) is 4.74 Å². The largest absolute Gasteiger partial charge is 0.383 e. The maximum absolute atomic E-state index is 13.4. The lowest BCUT2D eigenvalue weighted by Gasteiger charge is -2.30. The fourth-order valence-electron chi connectivity index (χ4n) is 4.79. The summed E-state index contributed by atoms with van der Waals surface area (Å²) in [4.78, 5) is 18.3. The number of anilines is 1. The van der Waals surface area contributed by atoms with Crippen LogP contribution in [0.5, 0.6) is 0 Å². The van der Waals surface area contributed by atoms with Crippen LogP contribution in [0.3, 0.4) is 0 Å². The quantitative estimate of drug-likeness (QED) is 0.354. The number of aromatic nitrogens is 1. The van der Waals surface area contributed by atoms with Crippen LogP contribution in [0.1, 0.15) is 33.5 Å². The number of methoxy groups -OCH3 is 1. The van der Waals surface area contributed by atoms with E-state index in [0.717, 1.165) is 45.4 Å². The van der Waals surface area contributed by atoms with Gasteiger partial charge >= 0.3 is 0 Å². The number of aryl methyl sites for hydroxylation is 3. The predicted octanol–water partition coefficient (Wildman–Crippen LogP) is 4.85. The topological polar surface area (TPSA) is 81.0 Å². The number of amides is 1. The van der Waals surface area contributed by atoms with Crippen molar-refractivity contribution in [1.82, 2.24) is 4.57 Å². The first-order valence-electron chi connectivity index (χ1n) is 12.2. The fraction of sp³-hybridized carbons (Fsp3) is 0.286. The molecule has 0 aliphatic carbocycles. The molecule has 0 unspecified atom stereocenters. The van der Waals surface area contributed by atoms with Crippen molar-refractivity contribution >= 4 is 43.2 Å². The second kappa shape index (κ2) is 10.2. The molecule has 0 N–H and O–H groups in total. The third-order valence-electron chi connectivity index (χ3n) is 6.59. The maximum atomic E-state index is 13.4. The van der Waals surface area contributed by atoms with Gasteiger partial charge < -0.3 is 9.30 Å². The van der Waals surface area contributed by atoms with E-state index in [1.165, 1.54) is 39.9 Å². The smallest absolute Gasteiger partial charge is 0.279 e. The molecule has 1 aromatic heterocycles. The zero-order chi connectivity index (χ0) is 26.2. The number of benzene rings is 3. The highest BCUT2D eigenvalue weighted by atomic mass is 32.2. The number of carbonyl (C=O) groups excluding carboxylic acids is 1. The van der Waals surface area contributed by atoms with Crippen molar-refractivity contribution in [2.24, 2.45) is 4.99 Å². The number of hydrogen-bond acceptors (Lipinski definition) is 5. The first kappa shape index (κ1) is 25.4. The van der Waals surface area contributed by atoms with E-state index in [-0.39, 0.29) is 4.90 Å². The number of nitrogens with zero attached hydrogens (tertiary/aromatic N) is 3. The molecule has 2 heterocycles. The molecule has 0 spiro atoms. The predicted molar refractivity (Wildman–Crippen MR) is 147 cm³/mol. The van der Waals surface area contributed by atoms with Crippen LogP contribution in [0.4, 0.5) is 5.69 Å². The molecule has 9 heteroatoms. The lowest BCUT2D eigenvalue weighted by molar-refractivity contribution is 0.0997. The van der Waals surface area contributed by atoms with Crippen LogP contribution in [0, 0.1) is 13.8 Å². The molecule has 3 aromatic carbocycles. The summed E-state index contributed by atoms with van der Waals surface area (Å²) < 4.78 is 36.7. The molecule has 0 saturated carbocycles. The van der Waals surface area contributed by atoms with Crippen LogP contribution >= 0.6 is 11.3 Å². The average Bonchev–Trinajstić information content (AvgIpc) is 3.24. The Morgan fingerprint density at radius 1 is 1.08 bits per heavy atom. The Labute approximate surface area is 220 Å². The molecule has 4 aromatic rings. The summed E-state index contributed by atoms with van der Waals surface area (Å²) in [6.07, 6.45) is 1.63. The van der Waals surface area contributed by atoms with E-state index in [9.17, 15) is 13.2 Å². The third kappa shape index (κ3) is 4.86. The summed E-state index contributed by atoms with van der Waals surface area (Å²) in [6.45, 7) is 5.59. The minimum absolute atomic E-state index is 0.156. The summed E-state index contributed by atoms with van der Waals surface area (Å²) in [5, 5.41) is 0. The number of rotatable bonds is 6. The van der Waals surface area contributed by atoms with Gasteiger partial charge in [-0.25, -0.2) is 8.42 Å². The minimum atomic E-state index is -3.74. The Balaban J connectivity index is 1.48. The normalized spacial score (nSPS) is 14.2. The van der Waals surface area contributed by atoms with E-state index in [1.807, 2.05) is 35.8 Å². The fourth-order valence-corrected chi connectivity index (χ4v) is 7.44. The Hall–Kier alpha value is -3.27. The molecule has 7 nitrogen and oxygen atoms in total. The average molecular weight is 536 g/mol. The van der Waals surface area contributed by atoms with Gasteiger partial charge in [0.2, 0.25) is 0 Å². The molecule has 1 aliphatic rings. The molecule has 0 radical (unpaired) electrons. The van der Waals surface area contributed by atoms with E-state index in [0.29, 0.717) is 30.1 Å². The van der Waals surface area contributed by atoms with Crippen molar-refractivity contribution in [3.8, 4) is 0 Å². The molecular weight excluding hydrogens is 506 g/mol. The van der Waals surface area contributed by atoms with Crippen LogP contribution in [0.2, 0.25) is 0 Å². The number of sulfonamides is 1. The van der Waals surface area contributed by atoms with Crippen LogP contribution < -0.4 is 9.11 Å². The second-order valence-electron chi connectivity index (χ2n) is 9.21. The van der Waals surface area contributed by atoms with Crippen LogP contribution in [-0.2, 0) is 27.7 Å². The highest BCUT2D eigenvalue weighted by molar-refractivity contribution is 7.92. The number of ether oxygens (including phenoxy) is 1. The number of carbonyl (C=O) groups is 1. The molecule has 5 rings (SSSR count). The molecule has 1 amide bonds. The van der Waals surface area contributed by atoms with Crippen molar-refractivity contribution in [3.05, 3.63) is 87.7 Å². The van der Waals surface area contributed by atoms with E-state index in [1.54, 1.807) is 7.11 Å². The summed E-state index contributed by atoms with van der Waals surface area (Å²) in [6, 6.07) is 17.9. The van der Waals surface area contributed by atoms with Crippen molar-refractivity contribution in [1.29, 1.82) is 0 Å². The summed E-state index contributed by atoms with van der Waals surface area (Å²) in [5.41, 5.74) is 5.38. The Kier molecular flexibility index (Phi) is 7.02. The van der Waals surface area contributed by atoms with E-state index >= 15 is 0 Å². The molecule has 192 valence electrons. The van der Waals surface area contributed by atoms with Gasteiger partial charge in [-0.2, -0.15) is 4.99 Å². The van der Waals surface area contributed by atoms with Crippen LogP contribution in [0.15, 0.2) is 70.6 Å². The highest BCUT2D eigenvalue weighted by Gasteiger charge is 2.29. The van der Waals surface area contributed by atoms with Gasteiger partial charge in [-0.05, 0) is 79.8 Å². The first-order valence-corrected chi connectivity index (χ1v) is 14.4. The second-order valence-corrected chi connectivity index (χ2v) is 12.0. The van der Waals surface area contributed by atoms with Gasteiger partial charge in [0, 0.05) is 25.8 Å². The maximum Gasteiger partial charge on any atom is 0.279 e. The van der Waals surface area contributed by atoms with E-state index in [2.05, 4.69) is 24.0 Å². The molecular formula is C28H29N3O4S2. The molecule has 0 bridgehead atoms. The zero-order valence-electron chi connectivity index (χ0n) is 21.1. The molecule has 37 heavy (non-hydrogen) atoms. The van der Waals surface area contributed by atoms with Gasteiger partial charge in [-0.3, -0.25) is 9.10 Å². The zero-order valence-corrected chi connectivity index (χ0v) is 22.7. The molecule has 0 saturated heterocycles. The monoisotopic (exact) mass is 535 g/mol. The SMILES string of the molecule is COCCn1c(=NC(=O)c2ccc(S(=O)(=O)N3CCCc4ccccc43)cc2)sc2c(C)cc(C)cc21. The van der Waals surface area contributed by atoms with Gasteiger partial charge in [0.25, 0.3) is 15.9 Å². The number of fused-ring (bicyclic) bond motifs is 2. The third-order valence-corrected chi connectivity index (χ3v) is 9.64. The Morgan fingerprint density at radius 2 is 1.84 bits per heavy atom. The standard InChI is InChI=1S/C28H29N3O4S2/c1-19-17-20(2)26-25(18-19)30(15-16-35-3)28(36-26)29-27(32)22-10-12-23(13-11-22)37(33,34)31-14-6-8-21-7-4-5-9-24(21)31/h4-5,7,9-13,17-18H,6,8,14-16H2,1-3H3. The van der Waals surface area contributed by atoms with Gasteiger partial charge in [-0.15, -0.1) is 0 Å². The summed E-state index contributed by atoms with van der Waals surface area (Å²) >= 11 is 1.47. The number of para-hydroxylation sites is 1. The molecule has 0 fully saturated rings. The van der Waals surface area contributed by atoms with Gasteiger partial charge in [0.1, 0.15) is 0 Å². The minimum Gasteiger partial charge on any atom is -0.383 e. The summed E-state index contributed by atoms with van der Waals surface area (Å²) in [5.74, 6) is -0.417. The van der Waals surface area contributed by atoms with E-state index < -0.39 is 15.9 Å². The first-order chi connectivity index (χ1) is 17.8. The Bertz CT molecular complexity index is 1650. The van der Waals surface area contributed by atoms with Crippen molar-refractivity contribution in [2.75, 3.05) is 24.6 Å². The number of hydrogen-bond donors (Lipinski definition) is 0. The van der Waals surface area contributed by atoms with Gasteiger partial charge in [-0.1, -0.05) is 35.6 Å². The Morgan fingerprint density at radius 3 is 2.59 bits per heavy atom. The number of thiazole rings is 1. The van der Waals surface area contributed by atoms with Crippen molar-refractivity contribution in [3.63, 3.8) is 0 Å². The van der Waals surface area contributed by atoms with Crippen molar-refractivity contribution in [2.45, 2.75) is 38.1 Å². The molecule has 0 atom stereocenters. The van der Waals surface area contributed by atoms with Crippen LogP contribution in [-0.4, -0.2) is 39.2 Å². The van der Waals surface area contributed by atoms with Gasteiger partial charge in [0.05, 0.1) is 27.4 Å². The van der Waals surface area contributed by atoms with Crippen molar-refractivity contribution < 1.29 is 17.9 Å². The molecule has 1 aliphatic heterocycles. The lowest BCUT2D eigenvalue weighted by Crippen LogP contribution is -2.35. The summed E-state index contributed by atoms with van der Waals surface area (Å²) in [7, 11) is -2.10. The highest BCUT2D eigenvalue weighted by Crippen LogP contribution is 2.32. The van der Waals surface area contributed by atoms with Gasteiger partial charge in [0.15, 0.2) is 4.80 Å². The van der Waals surface area contributed by atoms with Crippen LogP contribution in [0.25, 0.3) is 10.2 Å². The lowest BCUT2D eigenvalue weighted by atomic mass is 10.0.